The van der Waals surface area contributed by atoms with Crippen molar-refractivity contribution in [1.29, 1.82) is 0 Å². The molecule has 0 spiro atoms. The quantitative estimate of drug-likeness (QED) is 0.605. The van der Waals surface area contributed by atoms with Gasteiger partial charge in [-0.1, -0.05) is 17.7 Å². The summed E-state index contributed by atoms with van der Waals surface area (Å²) in [7, 11) is 0. The van der Waals surface area contributed by atoms with Crippen LogP contribution in [0.4, 0.5) is 0 Å². The Morgan fingerprint density at radius 1 is 1.25 bits per heavy atom. The van der Waals surface area contributed by atoms with Crippen molar-refractivity contribution in [3.8, 4) is 0 Å². The van der Waals surface area contributed by atoms with Crippen molar-refractivity contribution in [3.63, 3.8) is 0 Å². The van der Waals surface area contributed by atoms with Gasteiger partial charge in [-0.2, -0.15) is 0 Å². The average molecular weight is 269 g/mol. The highest BCUT2D eigenvalue weighted by Crippen LogP contribution is 2.22. The Hall–Kier alpha value is -0.770. The zero-order valence-corrected chi connectivity index (χ0v) is 10.7. The van der Waals surface area contributed by atoms with Gasteiger partial charge in [-0.25, -0.2) is 0 Å². The van der Waals surface area contributed by atoms with Crippen molar-refractivity contribution in [3.05, 3.63) is 51.7 Å². The molecule has 4 heteroatoms. The highest BCUT2D eigenvalue weighted by Gasteiger charge is 2.06. The van der Waals surface area contributed by atoms with Gasteiger partial charge in [0.1, 0.15) is 0 Å². The minimum absolute atomic E-state index is 0.176. The maximum atomic E-state index is 11.7. The molecule has 0 aliphatic heterocycles. The van der Waals surface area contributed by atoms with Crippen LogP contribution in [0.15, 0.2) is 46.7 Å². The predicted octanol–water partition coefficient (Wildman–Crippen LogP) is 4.38. The molecule has 0 N–H and O–H groups in total. The van der Waals surface area contributed by atoms with Gasteiger partial charge >= 0.3 is 0 Å². The second-order valence-electron chi connectivity index (χ2n) is 3.14. The van der Waals surface area contributed by atoms with Crippen LogP contribution >= 0.6 is 34.7 Å². The first-order chi connectivity index (χ1) is 7.75. The lowest BCUT2D eigenvalue weighted by atomic mass is 10.3. The van der Waals surface area contributed by atoms with Crippen LogP contribution in [0.2, 0.25) is 5.02 Å². The van der Waals surface area contributed by atoms with Crippen molar-refractivity contribution in [2.24, 2.45) is 0 Å². The molecule has 0 saturated carbocycles. The van der Waals surface area contributed by atoms with E-state index in [9.17, 15) is 4.79 Å². The lowest BCUT2D eigenvalue weighted by Crippen LogP contribution is -1.98. The topological polar surface area (TPSA) is 17.1 Å². The van der Waals surface area contributed by atoms with E-state index in [4.69, 9.17) is 11.6 Å². The summed E-state index contributed by atoms with van der Waals surface area (Å²) >= 11 is 8.80. The third kappa shape index (κ3) is 3.11. The molecule has 0 radical (unpaired) electrons. The molecule has 0 atom stereocenters. The molecule has 0 unspecified atom stereocenters. The SMILES string of the molecule is O=C(CSc1ccc(Cl)cc1)c1cccs1. The van der Waals surface area contributed by atoms with Gasteiger partial charge in [0, 0.05) is 9.92 Å². The number of ketones is 1. The standard InChI is InChI=1S/C12H9ClOS2/c13-9-3-5-10(6-4-9)16-8-11(14)12-2-1-7-15-12/h1-7H,8H2. The Morgan fingerprint density at radius 3 is 2.62 bits per heavy atom. The van der Waals surface area contributed by atoms with E-state index in [1.807, 2.05) is 41.8 Å². The first-order valence-electron chi connectivity index (χ1n) is 4.71. The zero-order valence-electron chi connectivity index (χ0n) is 8.35. The number of carbonyl (C=O) groups is 1. The third-order valence-corrected chi connectivity index (χ3v) is 4.15. The zero-order chi connectivity index (χ0) is 11.4. The highest BCUT2D eigenvalue weighted by atomic mass is 35.5. The molecule has 1 aromatic carbocycles. The Labute approximate surface area is 107 Å². The smallest absolute Gasteiger partial charge is 0.182 e. The largest absolute Gasteiger partial charge is 0.292 e. The number of hydrogen-bond donors (Lipinski definition) is 0. The van der Waals surface area contributed by atoms with Crippen LogP contribution in [0.5, 0.6) is 0 Å². The van der Waals surface area contributed by atoms with E-state index in [0.717, 1.165) is 9.77 Å². The Balaban J connectivity index is 1.93. The van der Waals surface area contributed by atoms with Crippen molar-refractivity contribution in [2.75, 3.05) is 5.75 Å². The summed E-state index contributed by atoms with van der Waals surface area (Å²) in [6.45, 7) is 0. The molecule has 1 aromatic heterocycles. The molecule has 82 valence electrons. The normalized spacial score (nSPS) is 10.3. The van der Waals surface area contributed by atoms with Gasteiger partial charge in [-0.05, 0) is 35.7 Å². The fraction of sp³-hybridized carbons (Fsp3) is 0.0833. The van der Waals surface area contributed by atoms with Gasteiger partial charge in [-0.3, -0.25) is 4.79 Å². The van der Waals surface area contributed by atoms with Crippen LogP contribution < -0.4 is 0 Å². The summed E-state index contributed by atoms with van der Waals surface area (Å²) in [5.41, 5.74) is 0. The van der Waals surface area contributed by atoms with Crippen LogP contribution in [0.3, 0.4) is 0 Å². The van der Waals surface area contributed by atoms with Gasteiger partial charge in [0.2, 0.25) is 0 Å². The molecule has 0 aliphatic rings. The van der Waals surface area contributed by atoms with Crippen molar-refractivity contribution in [1.82, 2.24) is 0 Å². The number of thiophene rings is 1. The number of rotatable bonds is 4. The Morgan fingerprint density at radius 2 is 2.00 bits per heavy atom. The van der Waals surface area contributed by atoms with E-state index in [1.165, 1.54) is 23.1 Å². The van der Waals surface area contributed by atoms with Gasteiger partial charge < -0.3 is 0 Å². The van der Waals surface area contributed by atoms with E-state index in [0.29, 0.717) is 10.8 Å². The third-order valence-electron chi connectivity index (χ3n) is 1.98. The lowest BCUT2D eigenvalue weighted by molar-refractivity contribution is 0.102. The molecule has 0 bridgehead atoms. The summed E-state index contributed by atoms with van der Waals surface area (Å²) in [4.78, 5) is 13.6. The van der Waals surface area contributed by atoms with Gasteiger partial charge in [0.05, 0.1) is 10.6 Å². The molecule has 0 saturated heterocycles. The first kappa shape index (κ1) is 11.7. The van der Waals surface area contributed by atoms with Gasteiger partial charge in [-0.15, -0.1) is 23.1 Å². The molecular formula is C12H9ClOS2. The monoisotopic (exact) mass is 268 g/mol. The molecule has 1 heterocycles. The highest BCUT2D eigenvalue weighted by molar-refractivity contribution is 8.00. The minimum Gasteiger partial charge on any atom is -0.292 e. The molecule has 0 aliphatic carbocycles. The van der Waals surface area contributed by atoms with Crippen LogP contribution in [0.1, 0.15) is 9.67 Å². The van der Waals surface area contributed by atoms with Crippen molar-refractivity contribution < 1.29 is 4.79 Å². The van der Waals surface area contributed by atoms with Crippen LogP contribution in [0.25, 0.3) is 0 Å². The first-order valence-corrected chi connectivity index (χ1v) is 6.95. The summed E-state index contributed by atoms with van der Waals surface area (Å²) in [5, 5.41) is 2.63. The van der Waals surface area contributed by atoms with Crippen LogP contribution in [0, 0.1) is 0 Å². The number of benzene rings is 1. The van der Waals surface area contributed by atoms with Gasteiger partial charge in [0.15, 0.2) is 5.78 Å². The molecular weight excluding hydrogens is 260 g/mol. The van der Waals surface area contributed by atoms with Crippen molar-refractivity contribution in [2.45, 2.75) is 4.90 Å². The van der Waals surface area contributed by atoms with Crippen molar-refractivity contribution >= 4 is 40.5 Å². The van der Waals surface area contributed by atoms with E-state index in [1.54, 1.807) is 0 Å². The molecule has 0 fully saturated rings. The minimum atomic E-state index is 0.176. The van der Waals surface area contributed by atoms with E-state index in [2.05, 4.69) is 0 Å². The summed E-state index contributed by atoms with van der Waals surface area (Å²) < 4.78 is 0. The molecule has 16 heavy (non-hydrogen) atoms. The molecule has 1 nitrogen and oxygen atoms in total. The molecule has 0 amide bonds. The predicted molar refractivity (Wildman–Crippen MR) is 70.8 cm³/mol. The average Bonchev–Trinajstić information content (AvgIpc) is 2.81. The van der Waals surface area contributed by atoms with E-state index >= 15 is 0 Å². The maximum absolute atomic E-state index is 11.7. The Bertz CT molecular complexity index is 462. The number of Topliss-reactive ketones (excluding diaryl/α,β-unsaturated/α-hetero) is 1. The van der Waals surface area contributed by atoms with E-state index < -0.39 is 0 Å². The van der Waals surface area contributed by atoms with Crippen LogP contribution in [-0.2, 0) is 0 Å². The second kappa shape index (κ2) is 5.53. The number of thioether (sulfide) groups is 1. The van der Waals surface area contributed by atoms with Crippen LogP contribution in [-0.4, -0.2) is 11.5 Å². The summed E-state index contributed by atoms with van der Waals surface area (Å²) in [5.74, 6) is 0.650. The number of hydrogen-bond acceptors (Lipinski definition) is 3. The van der Waals surface area contributed by atoms with Gasteiger partial charge in [0.25, 0.3) is 0 Å². The second-order valence-corrected chi connectivity index (χ2v) is 5.58. The number of halogens is 1. The maximum Gasteiger partial charge on any atom is 0.182 e. The molecule has 2 rings (SSSR count). The Kier molecular flexibility index (Phi) is 4.04. The number of carbonyl (C=O) groups excluding carboxylic acids is 1. The molecule has 2 aromatic rings. The van der Waals surface area contributed by atoms with E-state index in [-0.39, 0.29) is 5.78 Å². The summed E-state index contributed by atoms with van der Waals surface area (Å²) in [6.07, 6.45) is 0. The lowest BCUT2D eigenvalue weighted by Gasteiger charge is -1.99. The fourth-order valence-electron chi connectivity index (χ4n) is 1.19. The summed E-state index contributed by atoms with van der Waals surface area (Å²) in [6, 6.07) is 11.3. The fourth-order valence-corrected chi connectivity index (χ4v) is 2.85.